The van der Waals surface area contributed by atoms with Crippen molar-refractivity contribution in [2.75, 3.05) is 33.9 Å². The molecule has 0 spiro atoms. The molecule has 0 heterocycles. The number of nitrogens with one attached hydrogen (secondary N) is 1. The van der Waals surface area contributed by atoms with E-state index in [1.807, 2.05) is 24.3 Å². The summed E-state index contributed by atoms with van der Waals surface area (Å²) < 4.78 is 37.1. The number of amides is 1. The van der Waals surface area contributed by atoms with Gasteiger partial charge in [-0.3, -0.25) is 4.79 Å². The Morgan fingerprint density at radius 1 is 1.07 bits per heavy atom. The number of methoxy groups -OCH3 is 1. The number of hydrogen-bond acceptors (Lipinski definition) is 5. The summed E-state index contributed by atoms with van der Waals surface area (Å²) in [7, 11) is -0.893. The highest BCUT2D eigenvalue weighted by Crippen LogP contribution is 2.30. The summed E-state index contributed by atoms with van der Waals surface area (Å²) in [6.07, 6.45) is 0. The number of likely N-dealkylation sites (N-methyl/N-ethyl adjacent to an activating group) is 1. The SMILES string of the molecule is COc1ccc(S(=O)(=O)N(C)CC(=O)NCCOc2ccccc2C(C)(C)C)cc1. The van der Waals surface area contributed by atoms with Crippen LogP contribution in [-0.4, -0.2) is 52.5 Å². The average Bonchev–Trinajstić information content (AvgIpc) is 2.70. The van der Waals surface area contributed by atoms with Gasteiger partial charge < -0.3 is 14.8 Å². The van der Waals surface area contributed by atoms with Gasteiger partial charge in [-0.1, -0.05) is 39.0 Å². The number of nitrogens with zero attached hydrogens (tertiary/aromatic N) is 1. The lowest BCUT2D eigenvalue weighted by molar-refractivity contribution is -0.121. The molecule has 0 bridgehead atoms. The summed E-state index contributed by atoms with van der Waals surface area (Å²) in [5.41, 5.74) is 1.03. The number of ether oxygens (including phenoxy) is 2. The number of rotatable bonds is 9. The molecule has 2 rings (SSSR count). The van der Waals surface area contributed by atoms with E-state index < -0.39 is 15.9 Å². The Labute approximate surface area is 179 Å². The first kappa shape index (κ1) is 23.7. The molecule has 2 aromatic carbocycles. The van der Waals surface area contributed by atoms with Gasteiger partial charge in [-0.2, -0.15) is 4.31 Å². The van der Waals surface area contributed by atoms with Crippen LogP contribution in [0.2, 0.25) is 0 Å². The molecule has 164 valence electrons. The lowest BCUT2D eigenvalue weighted by Crippen LogP contribution is -2.39. The molecular formula is C22H30N2O5S. The van der Waals surface area contributed by atoms with Crippen LogP contribution < -0.4 is 14.8 Å². The topological polar surface area (TPSA) is 84.9 Å². The fourth-order valence-electron chi connectivity index (χ4n) is 2.83. The van der Waals surface area contributed by atoms with Crippen LogP contribution in [0.1, 0.15) is 26.3 Å². The van der Waals surface area contributed by atoms with Crippen molar-refractivity contribution in [1.29, 1.82) is 0 Å². The zero-order valence-corrected chi connectivity index (χ0v) is 19.0. The third-order valence-corrected chi connectivity index (χ3v) is 6.33. The van der Waals surface area contributed by atoms with Gasteiger partial charge in [-0.25, -0.2) is 8.42 Å². The summed E-state index contributed by atoms with van der Waals surface area (Å²) >= 11 is 0. The minimum absolute atomic E-state index is 0.0572. The number of sulfonamides is 1. The number of para-hydroxylation sites is 1. The molecule has 7 nitrogen and oxygen atoms in total. The van der Waals surface area contributed by atoms with Crippen LogP contribution in [0.3, 0.4) is 0 Å². The minimum atomic E-state index is -3.77. The summed E-state index contributed by atoms with van der Waals surface area (Å²) in [6, 6.07) is 13.8. The number of carbonyl (C=O) groups excluding carboxylic acids is 1. The smallest absolute Gasteiger partial charge is 0.243 e. The van der Waals surface area contributed by atoms with E-state index >= 15 is 0 Å². The minimum Gasteiger partial charge on any atom is -0.497 e. The van der Waals surface area contributed by atoms with Crippen LogP contribution in [0.25, 0.3) is 0 Å². The second-order valence-corrected chi connectivity index (χ2v) is 9.93. The van der Waals surface area contributed by atoms with E-state index in [0.29, 0.717) is 5.75 Å². The lowest BCUT2D eigenvalue weighted by Gasteiger charge is -2.22. The Hall–Kier alpha value is -2.58. The standard InChI is InChI=1S/C22H30N2O5S/c1-22(2,3)19-8-6-7-9-20(19)29-15-14-23-21(25)16-24(4)30(26,27)18-12-10-17(28-5)11-13-18/h6-13H,14-16H2,1-5H3,(H,23,25). The van der Waals surface area contributed by atoms with Crippen molar-refractivity contribution in [3.63, 3.8) is 0 Å². The van der Waals surface area contributed by atoms with Crippen LogP contribution in [-0.2, 0) is 20.2 Å². The van der Waals surface area contributed by atoms with Gasteiger partial charge in [0.2, 0.25) is 15.9 Å². The third kappa shape index (κ3) is 6.21. The molecule has 0 saturated carbocycles. The highest BCUT2D eigenvalue weighted by molar-refractivity contribution is 7.89. The Bertz CT molecular complexity index is 950. The highest BCUT2D eigenvalue weighted by atomic mass is 32.2. The first-order chi connectivity index (χ1) is 14.1. The van der Waals surface area contributed by atoms with Crippen molar-refractivity contribution in [3.8, 4) is 11.5 Å². The number of carbonyl (C=O) groups is 1. The average molecular weight is 435 g/mol. The molecule has 0 atom stereocenters. The van der Waals surface area contributed by atoms with Gasteiger partial charge in [0.25, 0.3) is 0 Å². The maximum atomic E-state index is 12.6. The maximum absolute atomic E-state index is 12.6. The molecule has 0 aliphatic rings. The second-order valence-electron chi connectivity index (χ2n) is 7.88. The Balaban J connectivity index is 1.86. The van der Waals surface area contributed by atoms with E-state index in [2.05, 4.69) is 26.1 Å². The Morgan fingerprint density at radius 2 is 1.70 bits per heavy atom. The Kier molecular flexibility index (Phi) is 7.86. The summed E-state index contributed by atoms with van der Waals surface area (Å²) in [5, 5.41) is 2.69. The Morgan fingerprint density at radius 3 is 2.30 bits per heavy atom. The summed E-state index contributed by atoms with van der Waals surface area (Å²) in [6.45, 7) is 6.59. The van der Waals surface area contributed by atoms with Crippen LogP contribution in [0, 0.1) is 0 Å². The van der Waals surface area contributed by atoms with E-state index in [9.17, 15) is 13.2 Å². The first-order valence-corrected chi connectivity index (χ1v) is 11.1. The van der Waals surface area contributed by atoms with Crippen LogP contribution >= 0.6 is 0 Å². The molecule has 30 heavy (non-hydrogen) atoms. The summed E-state index contributed by atoms with van der Waals surface area (Å²) in [5.74, 6) is 0.933. The van der Waals surface area contributed by atoms with Crippen molar-refractivity contribution in [1.82, 2.24) is 9.62 Å². The largest absolute Gasteiger partial charge is 0.497 e. The summed E-state index contributed by atoms with van der Waals surface area (Å²) in [4.78, 5) is 12.3. The molecule has 0 aromatic heterocycles. The fraction of sp³-hybridized carbons (Fsp3) is 0.409. The monoisotopic (exact) mass is 434 g/mol. The molecule has 2 aromatic rings. The lowest BCUT2D eigenvalue weighted by atomic mass is 9.86. The molecular weight excluding hydrogens is 404 g/mol. The molecule has 0 aliphatic heterocycles. The van der Waals surface area contributed by atoms with Gasteiger partial charge in [0, 0.05) is 7.05 Å². The number of hydrogen-bond donors (Lipinski definition) is 1. The quantitative estimate of drug-likeness (QED) is 0.614. The van der Waals surface area contributed by atoms with Gasteiger partial charge >= 0.3 is 0 Å². The van der Waals surface area contributed by atoms with Crippen LogP contribution in [0.4, 0.5) is 0 Å². The molecule has 0 fully saturated rings. The molecule has 8 heteroatoms. The van der Waals surface area contributed by atoms with Crippen molar-refractivity contribution in [2.45, 2.75) is 31.1 Å². The highest BCUT2D eigenvalue weighted by Gasteiger charge is 2.23. The fourth-order valence-corrected chi connectivity index (χ4v) is 3.96. The van der Waals surface area contributed by atoms with Crippen LogP contribution in [0.15, 0.2) is 53.4 Å². The normalized spacial score (nSPS) is 11.9. The van der Waals surface area contributed by atoms with Gasteiger partial charge in [0.15, 0.2) is 0 Å². The van der Waals surface area contributed by atoms with E-state index in [0.717, 1.165) is 15.6 Å². The predicted octanol–water partition coefficient (Wildman–Crippen LogP) is 2.81. The molecule has 1 amide bonds. The van der Waals surface area contributed by atoms with Crippen molar-refractivity contribution < 1.29 is 22.7 Å². The number of benzene rings is 2. The second kappa shape index (κ2) is 9.95. The van der Waals surface area contributed by atoms with Gasteiger partial charge in [-0.15, -0.1) is 0 Å². The van der Waals surface area contributed by atoms with Gasteiger partial charge in [0.1, 0.15) is 18.1 Å². The van der Waals surface area contributed by atoms with E-state index in [1.165, 1.54) is 26.3 Å². The zero-order valence-electron chi connectivity index (χ0n) is 18.1. The maximum Gasteiger partial charge on any atom is 0.243 e. The molecule has 0 aliphatic carbocycles. The molecule has 0 saturated heterocycles. The van der Waals surface area contributed by atoms with E-state index in [-0.39, 0.29) is 30.0 Å². The molecule has 1 N–H and O–H groups in total. The van der Waals surface area contributed by atoms with Gasteiger partial charge in [-0.05, 0) is 41.3 Å². The van der Waals surface area contributed by atoms with Crippen molar-refractivity contribution in [2.24, 2.45) is 0 Å². The molecule has 0 unspecified atom stereocenters. The first-order valence-electron chi connectivity index (χ1n) is 9.65. The van der Waals surface area contributed by atoms with Crippen molar-refractivity contribution in [3.05, 3.63) is 54.1 Å². The van der Waals surface area contributed by atoms with Crippen molar-refractivity contribution >= 4 is 15.9 Å². The van der Waals surface area contributed by atoms with Gasteiger partial charge in [0.05, 0.1) is 25.1 Å². The third-order valence-electron chi connectivity index (χ3n) is 4.51. The molecule has 0 radical (unpaired) electrons. The van der Waals surface area contributed by atoms with Crippen LogP contribution in [0.5, 0.6) is 11.5 Å². The van der Waals surface area contributed by atoms with E-state index in [4.69, 9.17) is 9.47 Å². The predicted molar refractivity (Wildman–Crippen MR) is 116 cm³/mol. The van der Waals surface area contributed by atoms with E-state index in [1.54, 1.807) is 12.1 Å². The zero-order chi connectivity index (χ0) is 22.4.